The van der Waals surface area contributed by atoms with E-state index in [1.807, 2.05) is 0 Å². The van der Waals surface area contributed by atoms with Crippen molar-refractivity contribution in [2.24, 2.45) is 5.92 Å². The molecule has 2 rings (SSSR count). The maximum absolute atomic E-state index is 6.00. The largest absolute Gasteiger partial charge is 0.490 e. The van der Waals surface area contributed by atoms with Crippen LogP contribution in [0, 0.1) is 5.92 Å². The highest BCUT2D eigenvalue weighted by atomic mass is 35.5. The second-order valence-electron chi connectivity index (χ2n) is 4.41. The highest BCUT2D eigenvalue weighted by Crippen LogP contribution is 2.34. The fourth-order valence-corrected chi connectivity index (χ4v) is 2.62. The Hall–Kier alpha value is -1.03. The second-order valence-corrected chi connectivity index (χ2v) is 4.77. The summed E-state index contributed by atoms with van der Waals surface area (Å²) in [5.74, 6) is 2.18. The molecule has 1 saturated heterocycles. The molecule has 94 valence electrons. The van der Waals surface area contributed by atoms with Crippen LogP contribution < -0.4 is 9.64 Å². The molecular weight excluding hydrogens is 238 g/mol. The molecule has 2 heterocycles. The molecule has 0 aliphatic carbocycles. The Morgan fingerprint density at radius 1 is 1.53 bits per heavy atom. The van der Waals surface area contributed by atoms with E-state index in [-0.39, 0.29) is 0 Å². The van der Waals surface area contributed by atoms with Gasteiger partial charge in [-0.3, -0.25) is 0 Å². The van der Waals surface area contributed by atoms with E-state index < -0.39 is 0 Å². The van der Waals surface area contributed by atoms with Gasteiger partial charge in [-0.1, -0.05) is 24.9 Å². The lowest BCUT2D eigenvalue weighted by Crippen LogP contribution is -2.21. The number of rotatable bonds is 4. The summed E-state index contributed by atoms with van der Waals surface area (Å²) in [5, 5.41) is 0.386. The van der Waals surface area contributed by atoms with Crippen LogP contribution in [-0.4, -0.2) is 30.2 Å². The van der Waals surface area contributed by atoms with Crippen LogP contribution in [0.25, 0.3) is 0 Å². The fraction of sp³-hybridized carbons (Fsp3) is 0.667. The van der Waals surface area contributed by atoms with Crippen LogP contribution in [0.1, 0.15) is 26.2 Å². The van der Waals surface area contributed by atoms with Crippen molar-refractivity contribution in [3.8, 4) is 5.75 Å². The first-order valence-electron chi connectivity index (χ1n) is 6.05. The Morgan fingerprint density at radius 3 is 3.06 bits per heavy atom. The molecule has 1 unspecified atom stereocenters. The van der Waals surface area contributed by atoms with Gasteiger partial charge in [0, 0.05) is 13.1 Å². The minimum atomic E-state index is 0.386. The Morgan fingerprint density at radius 2 is 2.35 bits per heavy atom. The summed E-state index contributed by atoms with van der Waals surface area (Å²) in [5.41, 5.74) is 0. The van der Waals surface area contributed by atoms with Gasteiger partial charge in [-0.2, -0.15) is 0 Å². The van der Waals surface area contributed by atoms with Crippen LogP contribution in [0.2, 0.25) is 5.15 Å². The van der Waals surface area contributed by atoms with Crippen molar-refractivity contribution in [2.45, 2.75) is 26.2 Å². The van der Waals surface area contributed by atoms with Gasteiger partial charge in [0.15, 0.2) is 16.7 Å². The molecule has 0 N–H and O–H groups in total. The van der Waals surface area contributed by atoms with Crippen molar-refractivity contribution < 1.29 is 4.74 Å². The Bertz CT molecular complexity index is 386. The van der Waals surface area contributed by atoms with Gasteiger partial charge in [-0.15, -0.1) is 0 Å². The second kappa shape index (κ2) is 5.54. The van der Waals surface area contributed by atoms with E-state index >= 15 is 0 Å². The molecule has 0 radical (unpaired) electrons. The van der Waals surface area contributed by atoms with Gasteiger partial charge in [0.05, 0.1) is 7.11 Å². The first-order valence-corrected chi connectivity index (χ1v) is 6.43. The smallest absolute Gasteiger partial charge is 0.199 e. The van der Waals surface area contributed by atoms with Gasteiger partial charge in [0.1, 0.15) is 6.33 Å². The molecule has 17 heavy (non-hydrogen) atoms. The number of hydrogen-bond acceptors (Lipinski definition) is 4. The van der Waals surface area contributed by atoms with Gasteiger partial charge in [-0.05, 0) is 18.8 Å². The summed E-state index contributed by atoms with van der Waals surface area (Å²) in [6.45, 7) is 4.29. The Kier molecular flexibility index (Phi) is 4.05. The number of methoxy groups -OCH3 is 1. The van der Waals surface area contributed by atoms with E-state index in [1.54, 1.807) is 7.11 Å². The number of ether oxygens (including phenoxy) is 1. The molecular formula is C12H18ClN3O. The van der Waals surface area contributed by atoms with Crippen LogP contribution in [0.3, 0.4) is 0 Å². The van der Waals surface area contributed by atoms with E-state index in [1.165, 1.54) is 25.6 Å². The molecule has 1 aliphatic heterocycles. The lowest BCUT2D eigenvalue weighted by Gasteiger charge is -2.19. The summed E-state index contributed by atoms with van der Waals surface area (Å²) in [4.78, 5) is 10.5. The molecule has 5 heteroatoms. The third kappa shape index (κ3) is 2.63. The third-order valence-electron chi connectivity index (χ3n) is 3.23. The predicted molar refractivity (Wildman–Crippen MR) is 68.8 cm³/mol. The summed E-state index contributed by atoms with van der Waals surface area (Å²) in [6, 6.07) is 0. The molecule has 0 saturated carbocycles. The molecule has 1 atom stereocenters. The lowest BCUT2D eigenvalue weighted by atomic mass is 10.0. The zero-order valence-electron chi connectivity index (χ0n) is 10.3. The standard InChI is InChI=1S/C12H18ClN3O/c1-3-4-9-5-6-16(7-9)12-10(17-2)11(13)14-8-15-12/h8-9H,3-7H2,1-2H3. The van der Waals surface area contributed by atoms with Gasteiger partial charge in [-0.25, -0.2) is 9.97 Å². The molecule has 0 amide bonds. The van der Waals surface area contributed by atoms with Crippen LogP contribution in [0.15, 0.2) is 6.33 Å². The molecule has 1 fully saturated rings. The van der Waals surface area contributed by atoms with E-state index in [9.17, 15) is 0 Å². The van der Waals surface area contributed by atoms with E-state index in [0.29, 0.717) is 10.9 Å². The van der Waals surface area contributed by atoms with Gasteiger partial charge in [0.25, 0.3) is 0 Å². The Balaban J connectivity index is 2.15. The van der Waals surface area contributed by atoms with Crippen molar-refractivity contribution in [3.05, 3.63) is 11.5 Å². The first kappa shape index (κ1) is 12.4. The highest BCUT2D eigenvalue weighted by Gasteiger charge is 2.26. The van der Waals surface area contributed by atoms with Crippen molar-refractivity contribution in [2.75, 3.05) is 25.1 Å². The molecule has 0 spiro atoms. The summed E-state index contributed by atoms with van der Waals surface area (Å²) in [7, 11) is 1.60. The minimum Gasteiger partial charge on any atom is -0.490 e. The van der Waals surface area contributed by atoms with Crippen molar-refractivity contribution in [3.63, 3.8) is 0 Å². The number of nitrogens with zero attached hydrogens (tertiary/aromatic N) is 3. The number of hydrogen-bond donors (Lipinski definition) is 0. The molecule has 1 aromatic rings. The highest BCUT2D eigenvalue weighted by molar-refractivity contribution is 6.31. The summed E-state index contributed by atoms with van der Waals surface area (Å²) in [6.07, 6.45) is 5.23. The SMILES string of the molecule is CCCC1CCN(c2ncnc(Cl)c2OC)C1. The zero-order chi connectivity index (χ0) is 12.3. The topological polar surface area (TPSA) is 38.2 Å². The van der Waals surface area contributed by atoms with Gasteiger partial charge in [0.2, 0.25) is 0 Å². The van der Waals surface area contributed by atoms with E-state index in [0.717, 1.165) is 24.8 Å². The Labute approximate surface area is 107 Å². The molecule has 0 aromatic carbocycles. The van der Waals surface area contributed by atoms with Crippen LogP contribution in [-0.2, 0) is 0 Å². The molecule has 4 nitrogen and oxygen atoms in total. The number of anilines is 1. The number of halogens is 1. The molecule has 1 aromatic heterocycles. The quantitative estimate of drug-likeness (QED) is 0.776. The lowest BCUT2D eigenvalue weighted by molar-refractivity contribution is 0.410. The van der Waals surface area contributed by atoms with Crippen LogP contribution in [0.5, 0.6) is 5.75 Å². The maximum Gasteiger partial charge on any atom is 0.199 e. The fourth-order valence-electron chi connectivity index (χ4n) is 2.41. The van der Waals surface area contributed by atoms with E-state index in [4.69, 9.17) is 16.3 Å². The van der Waals surface area contributed by atoms with Crippen molar-refractivity contribution >= 4 is 17.4 Å². The first-order chi connectivity index (χ1) is 8.26. The van der Waals surface area contributed by atoms with E-state index in [2.05, 4.69) is 21.8 Å². The van der Waals surface area contributed by atoms with Crippen LogP contribution in [0.4, 0.5) is 5.82 Å². The molecule has 0 bridgehead atoms. The minimum absolute atomic E-state index is 0.386. The van der Waals surface area contributed by atoms with Gasteiger partial charge >= 0.3 is 0 Å². The third-order valence-corrected chi connectivity index (χ3v) is 3.50. The van der Waals surface area contributed by atoms with Gasteiger partial charge < -0.3 is 9.64 Å². The monoisotopic (exact) mass is 255 g/mol. The van der Waals surface area contributed by atoms with Crippen molar-refractivity contribution in [1.82, 2.24) is 9.97 Å². The average molecular weight is 256 g/mol. The van der Waals surface area contributed by atoms with Crippen LogP contribution >= 0.6 is 11.6 Å². The molecule has 1 aliphatic rings. The zero-order valence-corrected chi connectivity index (χ0v) is 11.1. The normalized spacial score (nSPS) is 19.7. The number of aromatic nitrogens is 2. The predicted octanol–water partition coefficient (Wildman–Crippen LogP) is 2.77. The summed E-state index contributed by atoms with van der Waals surface area (Å²) >= 11 is 6.00. The maximum atomic E-state index is 6.00. The van der Waals surface area contributed by atoms with Crippen molar-refractivity contribution in [1.29, 1.82) is 0 Å². The summed E-state index contributed by atoms with van der Waals surface area (Å²) < 4.78 is 5.29. The average Bonchev–Trinajstić information content (AvgIpc) is 2.78.